The van der Waals surface area contributed by atoms with Crippen LogP contribution in [-0.4, -0.2) is 22.3 Å². The molecule has 0 unspecified atom stereocenters. The van der Waals surface area contributed by atoms with Crippen LogP contribution in [0.3, 0.4) is 0 Å². The van der Waals surface area contributed by atoms with Crippen LogP contribution in [0.4, 0.5) is 5.69 Å². The molecule has 0 aliphatic rings. The molecule has 1 heterocycles. The van der Waals surface area contributed by atoms with Crippen molar-refractivity contribution in [3.63, 3.8) is 0 Å². The van der Waals surface area contributed by atoms with Gasteiger partial charge in [-0.05, 0) is 36.4 Å². The third-order valence-electron chi connectivity index (χ3n) is 3.21. The normalized spacial score (nSPS) is 10.9. The van der Waals surface area contributed by atoms with Crippen molar-refractivity contribution < 1.29 is 9.90 Å². The van der Waals surface area contributed by atoms with Gasteiger partial charge in [-0.3, -0.25) is 10.4 Å². The maximum absolute atomic E-state index is 10.8. The number of carboxylic acid groups (broad SMARTS) is 1. The molecule has 0 radical (unpaired) electrons. The number of anilines is 1. The van der Waals surface area contributed by atoms with E-state index in [2.05, 4.69) is 15.5 Å². The van der Waals surface area contributed by atoms with Gasteiger partial charge < -0.3 is 5.11 Å². The number of fused-ring (bicyclic) bond motifs is 1. The SMILES string of the molecule is O=C(O)c1ccc(N/N=C\c2ccnc3ccccc23)cc1. The van der Waals surface area contributed by atoms with E-state index in [0.29, 0.717) is 0 Å². The molecule has 0 amide bonds. The highest BCUT2D eigenvalue weighted by molar-refractivity contribution is 5.98. The number of aromatic nitrogens is 1. The Hall–Kier alpha value is -3.21. The quantitative estimate of drug-likeness (QED) is 0.571. The maximum Gasteiger partial charge on any atom is 0.335 e. The summed E-state index contributed by atoms with van der Waals surface area (Å²) in [4.78, 5) is 15.1. The molecule has 1 aromatic heterocycles. The van der Waals surface area contributed by atoms with E-state index >= 15 is 0 Å². The summed E-state index contributed by atoms with van der Waals surface area (Å²) in [6, 6.07) is 16.1. The molecule has 0 bridgehead atoms. The Morgan fingerprint density at radius 3 is 2.64 bits per heavy atom. The second kappa shape index (κ2) is 6.05. The summed E-state index contributed by atoms with van der Waals surface area (Å²) in [5, 5.41) is 14.1. The molecule has 2 N–H and O–H groups in total. The molecule has 3 aromatic rings. The Bertz CT molecular complexity index is 837. The van der Waals surface area contributed by atoms with Gasteiger partial charge in [-0.1, -0.05) is 18.2 Å². The number of para-hydroxylation sites is 1. The lowest BCUT2D eigenvalue weighted by molar-refractivity contribution is 0.0697. The smallest absolute Gasteiger partial charge is 0.335 e. The predicted molar refractivity (Wildman–Crippen MR) is 86.4 cm³/mol. The fraction of sp³-hybridized carbons (Fsp3) is 0. The van der Waals surface area contributed by atoms with E-state index in [4.69, 9.17) is 5.11 Å². The van der Waals surface area contributed by atoms with E-state index in [-0.39, 0.29) is 5.56 Å². The lowest BCUT2D eigenvalue weighted by Gasteiger charge is -2.02. The van der Waals surface area contributed by atoms with Crippen LogP contribution in [0.2, 0.25) is 0 Å². The molecule has 5 heteroatoms. The molecular formula is C17H13N3O2. The summed E-state index contributed by atoms with van der Waals surface area (Å²) in [6.07, 6.45) is 3.46. The van der Waals surface area contributed by atoms with Crippen molar-refractivity contribution in [2.75, 3.05) is 5.43 Å². The molecule has 3 rings (SSSR count). The van der Waals surface area contributed by atoms with Crippen molar-refractivity contribution in [3.8, 4) is 0 Å². The van der Waals surface area contributed by atoms with Crippen LogP contribution in [0.1, 0.15) is 15.9 Å². The van der Waals surface area contributed by atoms with Crippen LogP contribution in [-0.2, 0) is 0 Å². The summed E-state index contributed by atoms with van der Waals surface area (Å²) >= 11 is 0. The van der Waals surface area contributed by atoms with Gasteiger partial charge in [-0.25, -0.2) is 4.79 Å². The van der Waals surface area contributed by atoms with Gasteiger partial charge in [-0.2, -0.15) is 5.10 Å². The van der Waals surface area contributed by atoms with Crippen LogP contribution in [0.5, 0.6) is 0 Å². The Balaban J connectivity index is 1.77. The number of benzene rings is 2. The van der Waals surface area contributed by atoms with Crippen molar-refractivity contribution in [1.29, 1.82) is 0 Å². The van der Waals surface area contributed by atoms with Gasteiger partial charge in [0.25, 0.3) is 0 Å². The number of hydrogen-bond donors (Lipinski definition) is 2. The van der Waals surface area contributed by atoms with Crippen LogP contribution >= 0.6 is 0 Å². The van der Waals surface area contributed by atoms with Gasteiger partial charge in [0.2, 0.25) is 0 Å². The van der Waals surface area contributed by atoms with E-state index < -0.39 is 5.97 Å². The Labute approximate surface area is 126 Å². The molecule has 22 heavy (non-hydrogen) atoms. The molecule has 5 nitrogen and oxygen atoms in total. The van der Waals surface area contributed by atoms with Crippen LogP contribution in [0.25, 0.3) is 10.9 Å². The molecule has 0 fully saturated rings. The fourth-order valence-electron chi connectivity index (χ4n) is 2.09. The zero-order valence-corrected chi connectivity index (χ0v) is 11.6. The topological polar surface area (TPSA) is 74.6 Å². The molecule has 2 aromatic carbocycles. The summed E-state index contributed by atoms with van der Waals surface area (Å²) in [7, 11) is 0. The minimum Gasteiger partial charge on any atom is -0.478 e. The van der Waals surface area contributed by atoms with Gasteiger partial charge in [0.05, 0.1) is 23.0 Å². The summed E-state index contributed by atoms with van der Waals surface area (Å²) < 4.78 is 0. The molecule has 0 spiro atoms. The number of pyridine rings is 1. The highest BCUT2D eigenvalue weighted by Gasteiger charge is 2.01. The van der Waals surface area contributed by atoms with E-state index in [1.54, 1.807) is 24.5 Å². The van der Waals surface area contributed by atoms with Gasteiger partial charge in [0.1, 0.15) is 0 Å². The summed E-state index contributed by atoms with van der Waals surface area (Å²) in [5.41, 5.74) is 5.72. The number of nitrogens with zero attached hydrogens (tertiary/aromatic N) is 2. The minimum atomic E-state index is -0.946. The molecular weight excluding hydrogens is 278 g/mol. The second-order valence-electron chi connectivity index (χ2n) is 4.67. The first-order chi connectivity index (χ1) is 10.7. The van der Waals surface area contributed by atoms with Gasteiger partial charge in [0, 0.05) is 17.1 Å². The number of rotatable bonds is 4. The van der Waals surface area contributed by atoms with E-state index in [0.717, 1.165) is 22.2 Å². The zero-order chi connectivity index (χ0) is 15.4. The first-order valence-corrected chi connectivity index (χ1v) is 6.70. The monoisotopic (exact) mass is 291 g/mol. The van der Waals surface area contributed by atoms with Gasteiger partial charge in [0.15, 0.2) is 0 Å². The van der Waals surface area contributed by atoms with Gasteiger partial charge in [-0.15, -0.1) is 0 Å². The third kappa shape index (κ3) is 2.93. The zero-order valence-electron chi connectivity index (χ0n) is 11.6. The third-order valence-corrected chi connectivity index (χ3v) is 3.21. The van der Waals surface area contributed by atoms with Crippen molar-refractivity contribution in [2.45, 2.75) is 0 Å². The molecule has 0 saturated carbocycles. The van der Waals surface area contributed by atoms with Crippen LogP contribution < -0.4 is 5.43 Å². The van der Waals surface area contributed by atoms with E-state index in [1.165, 1.54) is 12.1 Å². The lowest BCUT2D eigenvalue weighted by atomic mass is 10.1. The molecule has 0 aliphatic carbocycles. The number of hydrogen-bond acceptors (Lipinski definition) is 4. The number of carboxylic acids is 1. The average molecular weight is 291 g/mol. The maximum atomic E-state index is 10.8. The molecule has 0 aliphatic heterocycles. The second-order valence-corrected chi connectivity index (χ2v) is 4.67. The Morgan fingerprint density at radius 2 is 1.86 bits per heavy atom. The fourth-order valence-corrected chi connectivity index (χ4v) is 2.09. The first-order valence-electron chi connectivity index (χ1n) is 6.70. The summed E-state index contributed by atoms with van der Waals surface area (Å²) in [6.45, 7) is 0. The predicted octanol–water partition coefficient (Wildman–Crippen LogP) is 3.38. The summed E-state index contributed by atoms with van der Waals surface area (Å²) in [5.74, 6) is -0.946. The molecule has 108 valence electrons. The number of aromatic carboxylic acids is 1. The first kappa shape index (κ1) is 13.8. The lowest BCUT2D eigenvalue weighted by Crippen LogP contribution is -1.96. The van der Waals surface area contributed by atoms with Crippen LogP contribution in [0, 0.1) is 0 Å². The van der Waals surface area contributed by atoms with Crippen molar-refractivity contribution in [2.24, 2.45) is 5.10 Å². The molecule has 0 saturated heterocycles. The number of nitrogens with one attached hydrogen (secondary N) is 1. The largest absolute Gasteiger partial charge is 0.478 e. The van der Waals surface area contributed by atoms with Crippen molar-refractivity contribution >= 4 is 28.8 Å². The highest BCUT2D eigenvalue weighted by Crippen LogP contribution is 2.14. The van der Waals surface area contributed by atoms with Crippen LogP contribution in [0.15, 0.2) is 65.9 Å². The van der Waals surface area contributed by atoms with Gasteiger partial charge >= 0.3 is 5.97 Å². The van der Waals surface area contributed by atoms with E-state index in [1.807, 2.05) is 30.3 Å². The number of carbonyl (C=O) groups is 1. The Morgan fingerprint density at radius 1 is 1.09 bits per heavy atom. The average Bonchev–Trinajstić information content (AvgIpc) is 2.55. The molecule has 0 atom stereocenters. The van der Waals surface area contributed by atoms with E-state index in [9.17, 15) is 4.79 Å². The van der Waals surface area contributed by atoms with Crippen molar-refractivity contribution in [1.82, 2.24) is 4.98 Å². The number of hydrazone groups is 1. The Kier molecular flexibility index (Phi) is 3.78. The van der Waals surface area contributed by atoms with Crippen molar-refractivity contribution in [3.05, 3.63) is 71.9 Å². The standard InChI is InChI=1S/C17H13N3O2/c21-17(22)12-5-7-14(8-6-12)20-19-11-13-9-10-18-16-4-2-1-3-15(13)16/h1-11,20H,(H,21,22)/b19-11-. The highest BCUT2D eigenvalue weighted by atomic mass is 16.4. The minimum absolute atomic E-state index is 0.245.